The van der Waals surface area contributed by atoms with Crippen LogP contribution >= 0.6 is 0 Å². The van der Waals surface area contributed by atoms with Crippen molar-refractivity contribution in [3.8, 4) is 0 Å². The molecule has 0 spiro atoms. The number of rotatable bonds is 6. The number of benzene rings is 2. The van der Waals surface area contributed by atoms with Gasteiger partial charge in [0.25, 0.3) is 5.91 Å². The molecule has 0 saturated carbocycles. The first-order chi connectivity index (χ1) is 13.4. The molecule has 0 saturated heterocycles. The standard InChI is InChI=1S/C23H24N2O3/c1-4-28-22(27)19-13-10-17(11-14-19)12-15-20-21(26)25(23(2,3)24-20)16-18-8-6-5-7-9-18/h5-15H,4,16H2,1-3H3/b15-12+. The van der Waals surface area contributed by atoms with E-state index in [2.05, 4.69) is 4.99 Å². The van der Waals surface area contributed by atoms with Gasteiger partial charge in [-0.1, -0.05) is 48.5 Å². The lowest BCUT2D eigenvalue weighted by molar-refractivity contribution is -0.127. The topological polar surface area (TPSA) is 59.0 Å². The van der Waals surface area contributed by atoms with E-state index in [-0.39, 0.29) is 11.9 Å². The minimum atomic E-state index is -0.597. The SMILES string of the molecule is CCOC(=O)c1ccc(/C=C/C2=NC(C)(C)N(Cc3ccccc3)C2=O)cc1. The number of carbonyl (C=O) groups excluding carboxylic acids is 2. The zero-order chi connectivity index (χ0) is 20.1. The van der Waals surface area contributed by atoms with Gasteiger partial charge in [0.1, 0.15) is 11.4 Å². The first-order valence-corrected chi connectivity index (χ1v) is 9.32. The Morgan fingerprint density at radius 2 is 1.75 bits per heavy atom. The number of ether oxygens (including phenoxy) is 1. The molecule has 5 nitrogen and oxygen atoms in total. The Morgan fingerprint density at radius 3 is 2.39 bits per heavy atom. The van der Waals surface area contributed by atoms with Gasteiger partial charge in [0.15, 0.2) is 0 Å². The summed E-state index contributed by atoms with van der Waals surface area (Å²) in [7, 11) is 0. The molecule has 0 radical (unpaired) electrons. The average molecular weight is 376 g/mol. The molecule has 0 bridgehead atoms. The fourth-order valence-corrected chi connectivity index (χ4v) is 3.05. The van der Waals surface area contributed by atoms with E-state index in [1.807, 2.05) is 62.4 Å². The van der Waals surface area contributed by atoms with Crippen LogP contribution in [0.15, 0.2) is 65.7 Å². The van der Waals surface area contributed by atoms with E-state index in [0.29, 0.717) is 24.4 Å². The van der Waals surface area contributed by atoms with Crippen LogP contribution in [0.1, 0.15) is 42.3 Å². The van der Waals surface area contributed by atoms with Gasteiger partial charge in [-0.25, -0.2) is 4.79 Å². The Balaban J connectivity index is 1.72. The maximum atomic E-state index is 12.8. The number of hydrogen-bond donors (Lipinski definition) is 0. The van der Waals surface area contributed by atoms with E-state index in [0.717, 1.165) is 11.1 Å². The number of amides is 1. The zero-order valence-electron chi connectivity index (χ0n) is 16.4. The van der Waals surface area contributed by atoms with Crippen molar-refractivity contribution in [2.45, 2.75) is 33.0 Å². The van der Waals surface area contributed by atoms with Gasteiger partial charge >= 0.3 is 5.97 Å². The number of aliphatic imine (C=N–C) groups is 1. The van der Waals surface area contributed by atoms with E-state index in [1.54, 1.807) is 30.0 Å². The third-order valence-corrected chi connectivity index (χ3v) is 4.56. The third-order valence-electron chi connectivity index (χ3n) is 4.56. The van der Waals surface area contributed by atoms with Crippen LogP contribution < -0.4 is 0 Å². The molecule has 5 heteroatoms. The third kappa shape index (κ3) is 4.36. The largest absolute Gasteiger partial charge is 0.462 e. The van der Waals surface area contributed by atoms with Gasteiger partial charge < -0.3 is 9.64 Å². The van der Waals surface area contributed by atoms with Crippen LogP contribution in [-0.4, -0.2) is 34.8 Å². The van der Waals surface area contributed by atoms with Gasteiger partial charge in [0.2, 0.25) is 0 Å². The summed E-state index contributed by atoms with van der Waals surface area (Å²) in [5.41, 5.74) is 2.28. The maximum absolute atomic E-state index is 12.8. The highest BCUT2D eigenvalue weighted by Gasteiger charge is 2.38. The summed E-state index contributed by atoms with van der Waals surface area (Å²) in [4.78, 5) is 30.9. The van der Waals surface area contributed by atoms with Gasteiger partial charge in [-0.3, -0.25) is 9.79 Å². The summed E-state index contributed by atoms with van der Waals surface area (Å²) in [6.07, 6.45) is 3.56. The normalized spacial score (nSPS) is 15.8. The van der Waals surface area contributed by atoms with Crippen LogP contribution in [-0.2, 0) is 16.1 Å². The predicted octanol–water partition coefficient (Wildman–Crippen LogP) is 4.10. The van der Waals surface area contributed by atoms with Crippen LogP contribution in [0.2, 0.25) is 0 Å². The lowest BCUT2D eigenvalue weighted by Gasteiger charge is -2.29. The van der Waals surface area contributed by atoms with Crippen molar-refractivity contribution in [1.82, 2.24) is 4.90 Å². The number of nitrogens with zero attached hydrogens (tertiary/aromatic N) is 2. The Hall–Kier alpha value is -3.21. The second kappa shape index (κ2) is 8.21. The Bertz CT molecular complexity index is 913. The van der Waals surface area contributed by atoms with E-state index in [9.17, 15) is 9.59 Å². The summed E-state index contributed by atoms with van der Waals surface area (Å²) in [5.74, 6) is -0.431. The summed E-state index contributed by atoms with van der Waals surface area (Å²) < 4.78 is 4.98. The molecule has 3 rings (SSSR count). The van der Waals surface area contributed by atoms with Crippen molar-refractivity contribution in [3.05, 3.63) is 77.4 Å². The van der Waals surface area contributed by atoms with Gasteiger partial charge in [0.05, 0.1) is 12.2 Å². The summed E-state index contributed by atoms with van der Waals surface area (Å²) in [6, 6.07) is 16.9. The lowest BCUT2D eigenvalue weighted by atomic mass is 10.1. The molecule has 0 aliphatic carbocycles. The molecule has 2 aromatic rings. The molecule has 0 unspecified atom stereocenters. The monoisotopic (exact) mass is 376 g/mol. The van der Waals surface area contributed by atoms with Gasteiger partial charge in [0, 0.05) is 6.54 Å². The highest BCUT2D eigenvalue weighted by Crippen LogP contribution is 2.26. The molecule has 1 heterocycles. The Morgan fingerprint density at radius 1 is 1.07 bits per heavy atom. The van der Waals surface area contributed by atoms with Crippen LogP contribution in [0.5, 0.6) is 0 Å². The first-order valence-electron chi connectivity index (χ1n) is 9.32. The van der Waals surface area contributed by atoms with Crippen molar-refractivity contribution >= 4 is 23.7 Å². The molecule has 2 aromatic carbocycles. The van der Waals surface area contributed by atoms with Crippen molar-refractivity contribution in [3.63, 3.8) is 0 Å². The first kappa shape index (κ1) is 19.5. The summed E-state index contributed by atoms with van der Waals surface area (Å²) in [5, 5.41) is 0. The van der Waals surface area contributed by atoms with Crippen LogP contribution in [0.3, 0.4) is 0 Å². The fraction of sp³-hybridized carbons (Fsp3) is 0.261. The Kier molecular flexibility index (Phi) is 5.73. The molecule has 28 heavy (non-hydrogen) atoms. The van der Waals surface area contributed by atoms with Crippen LogP contribution in [0.25, 0.3) is 6.08 Å². The fourth-order valence-electron chi connectivity index (χ4n) is 3.05. The minimum absolute atomic E-state index is 0.0896. The lowest BCUT2D eigenvalue weighted by Crippen LogP contribution is -2.41. The molecule has 0 fully saturated rings. The Labute approximate surface area is 165 Å². The molecular formula is C23H24N2O3. The molecule has 144 valence electrons. The second-order valence-electron chi connectivity index (χ2n) is 7.04. The van der Waals surface area contributed by atoms with E-state index >= 15 is 0 Å². The van der Waals surface area contributed by atoms with Gasteiger partial charge in [-0.05, 0) is 50.1 Å². The molecule has 1 aliphatic heterocycles. The number of hydrogen-bond acceptors (Lipinski definition) is 4. The van der Waals surface area contributed by atoms with Gasteiger partial charge in [-0.15, -0.1) is 0 Å². The number of esters is 1. The molecule has 1 aliphatic rings. The van der Waals surface area contributed by atoms with Crippen LogP contribution in [0, 0.1) is 0 Å². The molecule has 0 N–H and O–H groups in total. The highest BCUT2D eigenvalue weighted by molar-refractivity contribution is 6.45. The summed E-state index contributed by atoms with van der Waals surface area (Å²) >= 11 is 0. The van der Waals surface area contributed by atoms with Crippen molar-refractivity contribution in [2.24, 2.45) is 4.99 Å². The van der Waals surface area contributed by atoms with Crippen molar-refractivity contribution < 1.29 is 14.3 Å². The zero-order valence-corrected chi connectivity index (χ0v) is 16.4. The predicted molar refractivity (Wildman–Crippen MR) is 110 cm³/mol. The molecule has 0 atom stereocenters. The molecular weight excluding hydrogens is 352 g/mol. The molecule has 0 aromatic heterocycles. The van der Waals surface area contributed by atoms with Crippen molar-refractivity contribution in [2.75, 3.05) is 6.61 Å². The van der Waals surface area contributed by atoms with Crippen LogP contribution in [0.4, 0.5) is 0 Å². The van der Waals surface area contributed by atoms with E-state index in [4.69, 9.17) is 4.74 Å². The van der Waals surface area contributed by atoms with E-state index < -0.39 is 5.66 Å². The van der Waals surface area contributed by atoms with Gasteiger partial charge in [-0.2, -0.15) is 0 Å². The average Bonchev–Trinajstić information content (AvgIpc) is 2.91. The highest BCUT2D eigenvalue weighted by atomic mass is 16.5. The molecule has 1 amide bonds. The second-order valence-corrected chi connectivity index (χ2v) is 7.04. The minimum Gasteiger partial charge on any atom is -0.462 e. The van der Waals surface area contributed by atoms with E-state index in [1.165, 1.54) is 0 Å². The number of carbonyl (C=O) groups is 2. The summed E-state index contributed by atoms with van der Waals surface area (Å²) in [6.45, 7) is 6.50. The maximum Gasteiger partial charge on any atom is 0.338 e. The van der Waals surface area contributed by atoms with Crippen molar-refractivity contribution in [1.29, 1.82) is 0 Å². The quantitative estimate of drug-likeness (QED) is 0.713. The smallest absolute Gasteiger partial charge is 0.338 e.